The Morgan fingerprint density at radius 1 is 1.27 bits per heavy atom. The second-order valence-electron chi connectivity index (χ2n) is 3.45. The summed E-state index contributed by atoms with van der Waals surface area (Å²) in [6.07, 6.45) is 4.81. The maximum absolute atomic E-state index is 6.09. The molecule has 15 heavy (non-hydrogen) atoms. The molecule has 80 valence electrons. The third-order valence-corrected chi connectivity index (χ3v) is 2.87. The van der Waals surface area contributed by atoms with E-state index < -0.39 is 0 Å². The van der Waals surface area contributed by atoms with E-state index in [1.165, 1.54) is 0 Å². The summed E-state index contributed by atoms with van der Waals surface area (Å²) in [4.78, 5) is 0. The first-order chi connectivity index (χ1) is 7.26. The molecule has 0 heterocycles. The van der Waals surface area contributed by atoms with Crippen molar-refractivity contribution in [3.8, 4) is 11.5 Å². The third-order valence-electron chi connectivity index (χ3n) is 2.57. The molecule has 2 rings (SSSR count). The van der Waals surface area contributed by atoms with E-state index in [0.717, 1.165) is 29.0 Å². The zero-order valence-corrected chi connectivity index (χ0v) is 9.54. The van der Waals surface area contributed by atoms with Crippen molar-refractivity contribution in [1.82, 2.24) is 0 Å². The van der Waals surface area contributed by atoms with Crippen LogP contribution in [0.5, 0.6) is 11.5 Å². The summed E-state index contributed by atoms with van der Waals surface area (Å²) >= 11 is 6.09. The lowest BCUT2D eigenvalue weighted by molar-refractivity contribution is 0.351. The minimum absolute atomic E-state index is 0.0403. The van der Waals surface area contributed by atoms with Gasteiger partial charge < -0.3 is 9.47 Å². The molecule has 3 heteroatoms. The molecule has 0 saturated carbocycles. The van der Waals surface area contributed by atoms with Gasteiger partial charge in [-0.3, -0.25) is 0 Å². The van der Waals surface area contributed by atoms with Crippen LogP contribution in [0.2, 0.25) is 0 Å². The molecule has 1 atom stereocenters. The monoisotopic (exact) mass is 224 g/mol. The summed E-state index contributed by atoms with van der Waals surface area (Å²) in [6.45, 7) is 0. The predicted molar refractivity (Wildman–Crippen MR) is 61.9 cm³/mol. The number of alkyl halides is 1. The average molecular weight is 225 g/mol. The minimum atomic E-state index is 0.0403. The summed E-state index contributed by atoms with van der Waals surface area (Å²) in [5.41, 5.74) is 2.28. The second kappa shape index (κ2) is 4.15. The van der Waals surface area contributed by atoms with Crippen molar-refractivity contribution in [3.63, 3.8) is 0 Å². The van der Waals surface area contributed by atoms with Crippen molar-refractivity contribution >= 4 is 17.7 Å². The first-order valence-corrected chi connectivity index (χ1v) is 5.26. The molecule has 0 amide bonds. The molecular formula is C12H13ClO2. The smallest absolute Gasteiger partial charge is 0.164 e. The van der Waals surface area contributed by atoms with Gasteiger partial charge in [-0.1, -0.05) is 18.2 Å². The van der Waals surface area contributed by atoms with Gasteiger partial charge in [-0.25, -0.2) is 0 Å². The zero-order valence-electron chi connectivity index (χ0n) is 8.79. The van der Waals surface area contributed by atoms with Crippen LogP contribution in [-0.2, 0) is 6.42 Å². The molecule has 0 fully saturated rings. The van der Waals surface area contributed by atoms with Crippen LogP contribution >= 0.6 is 11.6 Å². The highest BCUT2D eigenvalue weighted by Gasteiger charge is 2.18. The van der Waals surface area contributed by atoms with Crippen molar-refractivity contribution in [2.24, 2.45) is 0 Å². The number of hydrogen-bond donors (Lipinski definition) is 0. The highest BCUT2D eigenvalue weighted by molar-refractivity contribution is 6.22. The van der Waals surface area contributed by atoms with Gasteiger partial charge in [0, 0.05) is 5.56 Å². The topological polar surface area (TPSA) is 18.5 Å². The molecule has 0 bridgehead atoms. The normalized spacial score (nSPS) is 18.5. The van der Waals surface area contributed by atoms with Gasteiger partial charge in [0.1, 0.15) is 0 Å². The molecule has 0 spiro atoms. The van der Waals surface area contributed by atoms with Crippen LogP contribution in [0.3, 0.4) is 0 Å². The van der Waals surface area contributed by atoms with E-state index >= 15 is 0 Å². The van der Waals surface area contributed by atoms with Crippen molar-refractivity contribution in [2.45, 2.75) is 11.8 Å². The van der Waals surface area contributed by atoms with E-state index in [2.05, 4.69) is 0 Å². The van der Waals surface area contributed by atoms with Crippen LogP contribution in [0.15, 0.2) is 18.2 Å². The summed E-state index contributed by atoms with van der Waals surface area (Å²) in [6, 6.07) is 3.94. The molecule has 2 nitrogen and oxygen atoms in total. The van der Waals surface area contributed by atoms with Gasteiger partial charge in [0.05, 0.1) is 19.6 Å². The molecule has 1 aliphatic rings. The number of hydrogen-bond acceptors (Lipinski definition) is 2. The van der Waals surface area contributed by atoms with Gasteiger partial charge >= 0.3 is 0 Å². The molecule has 1 aliphatic carbocycles. The zero-order chi connectivity index (χ0) is 10.8. The molecule has 0 N–H and O–H groups in total. The quantitative estimate of drug-likeness (QED) is 0.720. The molecule has 1 unspecified atom stereocenters. The highest BCUT2D eigenvalue weighted by atomic mass is 35.5. The average Bonchev–Trinajstić information content (AvgIpc) is 2.27. The highest BCUT2D eigenvalue weighted by Crippen LogP contribution is 2.37. The number of halogens is 1. The van der Waals surface area contributed by atoms with Crippen LogP contribution in [0.4, 0.5) is 0 Å². The standard InChI is InChI=1S/C12H13ClO2/c1-14-11-6-4-8-3-5-9(13)7-10(8)12(11)15-2/h3-6,9H,7H2,1-2H3. The Hall–Kier alpha value is -1.15. The molecule has 0 aromatic heterocycles. The summed E-state index contributed by atoms with van der Waals surface area (Å²) < 4.78 is 10.6. The van der Waals surface area contributed by atoms with Gasteiger partial charge in [-0.2, -0.15) is 0 Å². The Labute approximate surface area is 94.5 Å². The lowest BCUT2D eigenvalue weighted by Gasteiger charge is -2.19. The van der Waals surface area contributed by atoms with Gasteiger partial charge in [0.2, 0.25) is 0 Å². The van der Waals surface area contributed by atoms with Crippen LogP contribution in [0, 0.1) is 0 Å². The number of benzene rings is 1. The molecule has 0 saturated heterocycles. The van der Waals surface area contributed by atoms with Crippen molar-refractivity contribution in [3.05, 3.63) is 29.3 Å². The lowest BCUT2D eigenvalue weighted by atomic mass is 9.96. The van der Waals surface area contributed by atoms with E-state index in [4.69, 9.17) is 21.1 Å². The fraction of sp³-hybridized carbons (Fsp3) is 0.333. The molecule has 1 aromatic carbocycles. The van der Waals surface area contributed by atoms with Crippen LogP contribution < -0.4 is 9.47 Å². The molecular weight excluding hydrogens is 212 g/mol. The second-order valence-corrected chi connectivity index (χ2v) is 4.01. The maximum atomic E-state index is 6.09. The molecule has 0 radical (unpaired) electrons. The van der Waals surface area contributed by atoms with Gasteiger partial charge in [0.25, 0.3) is 0 Å². The summed E-state index contributed by atoms with van der Waals surface area (Å²) in [5.74, 6) is 1.56. The largest absolute Gasteiger partial charge is 0.493 e. The first-order valence-electron chi connectivity index (χ1n) is 4.82. The van der Waals surface area contributed by atoms with Crippen LogP contribution in [0.1, 0.15) is 11.1 Å². The Morgan fingerprint density at radius 3 is 2.73 bits per heavy atom. The third kappa shape index (κ3) is 1.82. The Kier molecular flexibility index (Phi) is 2.87. The minimum Gasteiger partial charge on any atom is -0.493 e. The fourth-order valence-electron chi connectivity index (χ4n) is 1.84. The van der Waals surface area contributed by atoms with Gasteiger partial charge in [-0.15, -0.1) is 11.6 Å². The number of methoxy groups -OCH3 is 2. The van der Waals surface area contributed by atoms with E-state index in [-0.39, 0.29) is 5.38 Å². The maximum Gasteiger partial charge on any atom is 0.164 e. The van der Waals surface area contributed by atoms with Crippen molar-refractivity contribution in [2.75, 3.05) is 14.2 Å². The van der Waals surface area contributed by atoms with Crippen LogP contribution in [0.25, 0.3) is 6.08 Å². The number of rotatable bonds is 2. The predicted octanol–water partition coefficient (Wildman–Crippen LogP) is 2.88. The number of allylic oxidation sites excluding steroid dienone is 1. The Morgan fingerprint density at radius 2 is 2.07 bits per heavy atom. The van der Waals surface area contributed by atoms with Crippen molar-refractivity contribution < 1.29 is 9.47 Å². The number of fused-ring (bicyclic) bond motifs is 1. The Bertz CT molecular complexity index is 399. The van der Waals surface area contributed by atoms with Crippen LogP contribution in [-0.4, -0.2) is 19.6 Å². The Balaban J connectivity index is 2.54. The summed E-state index contributed by atoms with van der Waals surface area (Å²) in [5, 5.41) is 0.0403. The van der Waals surface area contributed by atoms with Gasteiger partial charge in [0.15, 0.2) is 11.5 Å². The van der Waals surface area contributed by atoms with Gasteiger partial charge in [-0.05, 0) is 18.1 Å². The van der Waals surface area contributed by atoms with Crippen molar-refractivity contribution in [1.29, 1.82) is 0 Å². The van der Waals surface area contributed by atoms with E-state index in [1.54, 1.807) is 14.2 Å². The fourth-order valence-corrected chi connectivity index (χ4v) is 2.07. The number of ether oxygens (including phenoxy) is 2. The van der Waals surface area contributed by atoms with E-state index in [0.29, 0.717) is 0 Å². The summed E-state index contributed by atoms with van der Waals surface area (Å²) in [7, 11) is 3.29. The first kappa shape index (κ1) is 10.4. The molecule has 0 aliphatic heterocycles. The van der Waals surface area contributed by atoms with E-state index in [1.807, 2.05) is 24.3 Å². The SMILES string of the molecule is COc1ccc2c(c1OC)CC(Cl)C=C2. The van der Waals surface area contributed by atoms with E-state index in [9.17, 15) is 0 Å². The molecule has 1 aromatic rings. The lowest BCUT2D eigenvalue weighted by Crippen LogP contribution is -2.08.